The van der Waals surface area contributed by atoms with Crippen LogP contribution in [0, 0.1) is 0 Å². The molecule has 0 aliphatic rings. The Labute approximate surface area is 127 Å². The lowest BCUT2D eigenvalue weighted by Crippen LogP contribution is -2.16. The molecule has 0 saturated carbocycles. The Kier molecular flexibility index (Phi) is 8.52. The van der Waals surface area contributed by atoms with Crippen LogP contribution in [0.3, 0.4) is 0 Å². The summed E-state index contributed by atoms with van der Waals surface area (Å²) in [6.07, 6.45) is 9.08. The van der Waals surface area contributed by atoms with Gasteiger partial charge < -0.3 is 5.32 Å². The Morgan fingerprint density at radius 3 is 2.11 bits per heavy atom. The van der Waals surface area contributed by atoms with Crippen LogP contribution in [-0.2, 0) is 0 Å². The van der Waals surface area contributed by atoms with E-state index in [1.807, 2.05) is 19.2 Å². The minimum absolute atomic E-state index is 0.349. The largest absolute Gasteiger partial charge is 0.313 e. The van der Waals surface area contributed by atoms with Gasteiger partial charge in [-0.15, -0.1) is 0 Å². The summed E-state index contributed by atoms with van der Waals surface area (Å²) in [6.45, 7) is 2.25. The SMILES string of the molecule is CCCCCCCCC(NC)c1cc(Cl)cc(Cl)c1. The minimum Gasteiger partial charge on any atom is -0.313 e. The average molecular weight is 302 g/mol. The van der Waals surface area contributed by atoms with E-state index >= 15 is 0 Å². The fourth-order valence-corrected chi connectivity index (χ4v) is 2.93. The number of benzene rings is 1. The predicted octanol–water partition coefficient (Wildman–Crippen LogP) is 6.00. The molecule has 19 heavy (non-hydrogen) atoms. The summed E-state index contributed by atoms with van der Waals surface area (Å²) in [5.41, 5.74) is 1.19. The topological polar surface area (TPSA) is 12.0 Å². The number of hydrogen-bond acceptors (Lipinski definition) is 1. The molecule has 0 fully saturated rings. The number of rotatable bonds is 9. The highest BCUT2D eigenvalue weighted by atomic mass is 35.5. The van der Waals surface area contributed by atoms with Gasteiger partial charge in [0.2, 0.25) is 0 Å². The first kappa shape index (κ1) is 16.8. The maximum absolute atomic E-state index is 6.06. The lowest BCUT2D eigenvalue weighted by Gasteiger charge is -2.17. The van der Waals surface area contributed by atoms with E-state index in [9.17, 15) is 0 Å². The predicted molar refractivity (Wildman–Crippen MR) is 86.3 cm³/mol. The Balaban J connectivity index is 2.40. The molecule has 0 aliphatic carbocycles. The average Bonchev–Trinajstić information content (AvgIpc) is 2.37. The van der Waals surface area contributed by atoms with E-state index in [-0.39, 0.29) is 0 Å². The van der Waals surface area contributed by atoms with Crippen molar-refractivity contribution in [2.75, 3.05) is 7.05 Å². The van der Waals surface area contributed by atoms with Crippen molar-refractivity contribution < 1.29 is 0 Å². The van der Waals surface area contributed by atoms with Gasteiger partial charge in [-0.3, -0.25) is 0 Å². The highest BCUT2D eigenvalue weighted by molar-refractivity contribution is 6.34. The van der Waals surface area contributed by atoms with Crippen LogP contribution >= 0.6 is 23.2 Å². The minimum atomic E-state index is 0.349. The van der Waals surface area contributed by atoms with Crippen LogP contribution in [0.2, 0.25) is 10.0 Å². The fraction of sp³-hybridized carbons (Fsp3) is 0.625. The molecule has 1 N–H and O–H groups in total. The van der Waals surface area contributed by atoms with Crippen LogP contribution in [0.1, 0.15) is 63.5 Å². The molecule has 0 aliphatic heterocycles. The first-order valence-corrected chi connectivity index (χ1v) is 8.06. The highest BCUT2D eigenvalue weighted by Gasteiger charge is 2.10. The Hall–Kier alpha value is -0.240. The van der Waals surface area contributed by atoms with Gasteiger partial charge in [-0.2, -0.15) is 0 Å². The van der Waals surface area contributed by atoms with Crippen LogP contribution in [-0.4, -0.2) is 7.05 Å². The molecular formula is C16H25Cl2N. The number of nitrogens with one attached hydrogen (secondary N) is 1. The van der Waals surface area contributed by atoms with E-state index < -0.39 is 0 Å². The zero-order chi connectivity index (χ0) is 14.1. The van der Waals surface area contributed by atoms with E-state index in [0.717, 1.165) is 6.42 Å². The summed E-state index contributed by atoms with van der Waals surface area (Å²) >= 11 is 12.1. The van der Waals surface area contributed by atoms with Crippen molar-refractivity contribution in [2.45, 2.75) is 57.9 Å². The molecule has 0 bridgehead atoms. The molecule has 0 saturated heterocycles. The summed E-state index contributed by atoms with van der Waals surface area (Å²) in [7, 11) is 2.00. The molecule has 0 spiro atoms. The molecule has 108 valence electrons. The molecule has 1 rings (SSSR count). The summed E-state index contributed by atoms with van der Waals surface area (Å²) in [6, 6.07) is 6.14. The van der Waals surface area contributed by atoms with Crippen molar-refractivity contribution in [2.24, 2.45) is 0 Å². The summed E-state index contributed by atoms with van der Waals surface area (Å²) in [5, 5.41) is 4.78. The van der Waals surface area contributed by atoms with E-state index in [1.165, 1.54) is 44.1 Å². The Morgan fingerprint density at radius 2 is 1.53 bits per heavy atom. The van der Waals surface area contributed by atoms with Gasteiger partial charge in [0.15, 0.2) is 0 Å². The van der Waals surface area contributed by atoms with Gasteiger partial charge in [-0.25, -0.2) is 0 Å². The van der Waals surface area contributed by atoms with Gasteiger partial charge in [0.1, 0.15) is 0 Å². The van der Waals surface area contributed by atoms with Gasteiger partial charge >= 0.3 is 0 Å². The molecule has 1 aromatic rings. The number of hydrogen-bond donors (Lipinski definition) is 1. The third-order valence-corrected chi connectivity index (χ3v) is 3.92. The normalized spacial score (nSPS) is 12.6. The van der Waals surface area contributed by atoms with Gasteiger partial charge in [-0.05, 0) is 37.2 Å². The van der Waals surface area contributed by atoms with Crippen LogP contribution in [0.25, 0.3) is 0 Å². The second kappa shape index (κ2) is 9.63. The zero-order valence-corrected chi connectivity index (χ0v) is 13.5. The molecule has 1 nitrogen and oxygen atoms in total. The van der Waals surface area contributed by atoms with Crippen molar-refractivity contribution in [3.8, 4) is 0 Å². The van der Waals surface area contributed by atoms with Crippen LogP contribution in [0.4, 0.5) is 0 Å². The van der Waals surface area contributed by atoms with Crippen molar-refractivity contribution in [3.63, 3.8) is 0 Å². The number of unbranched alkanes of at least 4 members (excludes halogenated alkanes) is 5. The first-order valence-electron chi connectivity index (χ1n) is 7.30. The zero-order valence-electron chi connectivity index (χ0n) is 12.0. The maximum atomic E-state index is 6.06. The van der Waals surface area contributed by atoms with Crippen LogP contribution in [0.15, 0.2) is 18.2 Å². The highest BCUT2D eigenvalue weighted by Crippen LogP contribution is 2.26. The molecule has 3 heteroatoms. The first-order chi connectivity index (χ1) is 9.17. The Bertz CT molecular complexity index is 346. The molecule has 0 radical (unpaired) electrons. The molecule has 1 aromatic carbocycles. The summed E-state index contributed by atoms with van der Waals surface area (Å²) in [5.74, 6) is 0. The van der Waals surface area contributed by atoms with Gasteiger partial charge in [-0.1, -0.05) is 68.7 Å². The van der Waals surface area contributed by atoms with Crippen molar-refractivity contribution in [1.29, 1.82) is 0 Å². The van der Waals surface area contributed by atoms with Crippen LogP contribution in [0.5, 0.6) is 0 Å². The molecule has 1 atom stereocenters. The second-order valence-electron chi connectivity index (χ2n) is 5.10. The monoisotopic (exact) mass is 301 g/mol. The Morgan fingerprint density at radius 1 is 0.947 bits per heavy atom. The smallest absolute Gasteiger partial charge is 0.0424 e. The lowest BCUT2D eigenvalue weighted by atomic mass is 10.00. The molecular weight excluding hydrogens is 277 g/mol. The molecule has 0 amide bonds. The standard InChI is InChI=1S/C16H25Cl2N/c1-3-4-5-6-7-8-9-16(19-2)13-10-14(17)12-15(18)11-13/h10-12,16,19H,3-9H2,1-2H3. The molecule has 1 unspecified atom stereocenters. The van der Waals surface area contributed by atoms with Gasteiger partial charge in [0, 0.05) is 16.1 Å². The lowest BCUT2D eigenvalue weighted by molar-refractivity contribution is 0.498. The van der Waals surface area contributed by atoms with E-state index in [1.54, 1.807) is 6.07 Å². The number of halogens is 2. The fourth-order valence-electron chi connectivity index (χ4n) is 2.38. The maximum Gasteiger partial charge on any atom is 0.0424 e. The molecule has 0 aromatic heterocycles. The third kappa shape index (κ3) is 6.65. The van der Waals surface area contributed by atoms with E-state index in [2.05, 4.69) is 12.2 Å². The van der Waals surface area contributed by atoms with E-state index in [4.69, 9.17) is 23.2 Å². The van der Waals surface area contributed by atoms with Gasteiger partial charge in [0.25, 0.3) is 0 Å². The van der Waals surface area contributed by atoms with Crippen molar-refractivity contribution in [1.82, 2.24) is 5.32 Å². The third-order valence-electron chi connectivity index (χ3n) is 3.48. The quantitative estimate of drug-likeness (QED) is 0.551. The van der Waals surface area contributed by atoms with Crippen molar-refractivity contribution >= 4 is 23.2 Å². The van der Waals surface area contributed by atoms with Crippen LogP contribution < -0.4 is 5.32 Å². The second-order valence-corrected chi connectivity index (χ2v) is 5.97. The van der Waals surface area contributed by atoms with Crippen molar-refractivity contribution in [3.05, 3.63) is 33.8 Å². The molecule has 0 heterocycles. The summed E-state index contributed by atoms with van der Waals surface area (Å²) in [4.78, 5) is 0. The van der Waals surface area contributed by atoms with E-state index in [0.29, 0.717) is 16.1 Å². The summed E-state index contributed by atoms with van der Waals surface area (Å²) < 4.78 is 0. The van der Waals surface area contributed by atoms with Gasteiger partial charge in [0.05, 0.1) is 0 Å².